The van der Waals surface area contributed by atoms with Gasteiger partial charge in [0, 0.05) is 36.3 Å². The van der Waals surface area contributed by atoms with Crippen LogP contribution in [0.2, 0.25) is 0 Å². The highest BCUT2D eigenvalue weighted by Gasteiger charge is 2.50. The van der Waals surface area contributed by atoms with Crippen molar-refractivity contribution in [3.05, 3.63) is 71.9 Å². The van der Waals surface area contributed by atoms with Gasteiger partial charge in [0.05, 0.1) is 6.04 Å². The molecule has 0 spiro atoms. The first kappa shape index (κ1) is 28.8. The molecule has 0 bridgehead atoms. The van der Waals surface area contributed by atoms with Gasteiger partial charge in [0.1, 0.15) is 17.5 Å². The average Bonchev–Trinajstić information content (AvgIpc) is 3.75. The first-order valence-corrected chi connectivity index (χ1v) is 15.5. The molecule has 2 aliphatic carbocycles. The number of carbonyl (C=O) groups is 5. The molecule has 0 radical (unpaired) electrons. The van der Waals surface area contributed by atoms with Gasteiger partial charge in [0.15, 0.2) is 0 Å². The van der Waals surface area contributed by atoms with Crippen molar-refractivity contribution in [2.24, 2.45) is 17.8 Å². The summed E-state index contributed by atoms with van der Waals surface area (Å²) >= 11 is 0. The Bertz CT molecular complexity index is 1500. The van der Waals surface area contributed by atoms with Crippen molar-refractivity contribution in [1.29, 1.82) is 0 Å². The number of aromatic amines is 1. The van der Waals surface area contributed by atoms with E-state index in [1.165, 1.54) is 0 Å². The number of Topliss-reactive ketones (excluding diaryl/α,β-unsaturated/α-hetero) is 2. The summed E-state index contributed by atoms with van der Waals surface area (Å²) in [7, 11) is 0. The molecular weight excluding hydrogens is 544 g/mol. The van der Waals surface area contributed by atoms with Gasteiger partial charge in [-0.1, -0.05) is 61.4 Å². The lowest BCUT2D eigenvalue weighted by Crippen LogP contribution is -2.55. The molecule has 3 aromatic rings. The molecule has 6 rings (SSSR count). The van der Waals surface area contributed by atoms with Crippen molar-refractivity contribution in [2.45, 2.75) is 70.0 Å². The van der Waals surface area contributed by atoms with Crippen LogP contribution in [0, 0.1) is 17.8 Å². The predicted molar refractivity (Wildman–Crippen MR) is 161 cm³/mol. The van der Waals surface area contributed by atoms with Crippen LogP contribution in [0.15, 0.2) is 60.7 Å². The summed E-state index contributed by atoms with van der Waals surface area (Å²) < 4.78 is 0. The normalized spacial score (nSPS) is 24.0. The maximum atomic E-state index is 14.1. The second kappa shape index (κ2) is 12.5. The number of nitrogens with one attached hydrogen (secondary N) is 3. The monoisotopic (exact) mass is 582 g/mol. The Morgan fingerprint density at radius 1 is 0.930 bits per heavy atom. The van der Waals surface area contributed by atoms with E-state index in [4.69, 9.17) is 0 Å². The van der Waals surface area contributed by atoms with E-state index >= 15 is 0 Å². The fourth-order valence-corrected chi connectivity index (χ4v) is 7.29. The summed E-state index contributed by atoms with van der Waals surface area (Å²) in [4.78, 5) is 72.0. The number of amides is 3. The summed E-state index contributed by atoms with van der Waals surface area (Å²) in [5.74, 6) is -2.40. The quantitative estimate of drug-likeness (QED) is 0.330. The van der Waals surface area contributed by atoms with Crippen molar-refractivity contribution in [3.63, 3.8) is 0 Å². The van der Waals surface area contributed by atoms with Gasteiger partial charge in [0.25, 0.3) is 11.8 Å². The number of aromatic nitrogens is 1. The molecule has 1 unspecified atom stereocenters. The van der Waals surface area contributed by atoms with Gasteiger partial charge in [-0.2, -0.15) is 0 Å². The lowest BCUT2D eigenvalue weighted by Gasteiger charge is -2.30. The number of H-pyrrole nitrogens is 1. The Balaban J connectivity index is 1.22. The molecule has 1 aliphatic heterocycles. The fourth-order valence-electron chi connectivity index (χ4n) is 7.29. The van der Waals surface area contributed by atoms with Gasteiger partial charge in [-0.15, -0.1) is 0 Å². The Morgan fingerprint density at radius 3 is 2.51 bits per heavy atom. The van der Waals surface area contributed by atoms with E-state index < -0.39 is 35.6 Å². The second-order valence-corrected chi connectivity index (χ2v) is 12.3. The van der Waals surface area contributed by atoms with E-state index in [0.717, 1.165) is 48.6 Å². The molecule has 1 saturated heterocycles. The van der Waals surface area contributed by atoms with Crippen LogP contribution in [-0.4, -0.2) is 57.8 Å². The topological polar surface area (TPSA) is 128 Å². The number of para-hydroxylation sites is 1. The molecule has 43 heavy (non-hydrogen) atoms. The van der Waals surface area contributed by atoms with Gasteiger partial charge in [-0.25, -0.2) is 0 Å². The molecular formula is C34H38N4O5. The van der Waals surface area contributed by atoms with Crippen molar-refractivity contribution >= 4 is 40.2 Å². The van der Waals surface area contributed by atoms with Crippen LogP contribution in [0.4, 0.5) is 0 Å². The highest BCUT2D eigenvalue weighted by molar-refractivity contribution is 6.38. The van der Waals surface area contributed by atoms with E-state index in [9.17, 15) is 24.0 Å². The van der Waals surface area contributed by atoms with E-state index in [1.54, 1.807) is 11.0 Å². The minimum absolute atomic E-state index is 0.0210. The number of carbonyl (C=O) groups excluding carboxylic acids is 5. The molecule has 2 heterocycles. The Morgan fingerprint density at radius 2 is 1.72 bits per heavy atom. The van der Waals surface area contributed by atoms with Crippen LogP contribution in [0.1, 0.15) is 67.4 Å². The molecule has 3 aliphatic rings. The summed E-state index contributed by atoms with van der Waals surface area (Å²) in [5.41, 5.74) is 2.10. The van der Waals surface area contributed by atoms with E-state index in [1.807, 2.05) is 54.6 Å². The molecule has 9 heteroatoms. The Hall–Kier alpha value is -4.27. The molecule has 224 valence electrons. The number of hydrogen-bond donors (Lipinski definition) is 3. The number of hydrogen-bond acceptors (Lipinski definition) is 5. The predicted octanol–water partition coefficient (Wildman–Crippen LogP) is 3.93. The molecule has 3 fully saturated rings. The van der Waals surface area contributed by atoms with Gasteiger partial charge in [0.2, 0.25) is 11.7 Å². The van der Waals surface area contributed by atoms with Crippen molar-refractivity contribution in [3.8, 4) is 0 Å². The summed E-state index contributed by atoms with van der Waals surface area (Å²) in [6, 6.07) is 16.8. The lowest BCUT2D eigenvalue weighted by molar-refractivity contribution is -0.141. The molecule has 1 aromatic heterocycles. The van der Waals surface area contributed by atoms with Gasteiger partial charge < -0.3 is 20.5 Å². The number of ketones is 2. The highest BCUT2D eigenvalue weighted by Crippen LogP contribution is 2.43. The van der Waals surface area contributed by atoms with Crippen molar-refractivity contribution in [1.82, 2.24) is 20.5 Å². The molecule has 9 nitrogen and oxygen atoms in total. The minimum Gasteiger partial charge on any atom is -0.351 e. The van der Waals surface area contributed by atoms with Crippen LogP contribution < -0.4 is 10.6 Å². The zero-order valence-electron chi connectivity index (χ0n) is 24.2. The van der Waals surface area contributed by atoms with Crippen LogP contribution in [0.25, 0.3) is 10.9 Å². The zero-order valence-corrected chi connectivity index (χ0v) is 24.2. The van der Waals surface area contributed by atoms with E-state index in [2.05, 4.69) is 15.6 Å². The van der Waals surface area contributed by atoms with Crippen LogP contribution in [-0.2, 0) is 25.7 Å². The Kier molecular flexibility index (Phi) is 8.40. The maximum absolute atomic E-state index is 14.1. The first-order valence-electron chi connectivity index (χ1n) is 15.5. The smallest absolute Gasteiger partial charge is 0.289 e. The fraction of sp³-hybridized carbons (Fsp3) is 0.441. The third kappa shape index (κ3) is 6.12. The van der Waals surface area contributed by atoms with Gasteiger partial charge >= 0.3 is 0 Å². The van der Waals surface area contributed by atoms with Crippen molar-refractivity contribution in [2.75, 3.05) is 6.54 Å². The molecule has 5 atom stereocenters. The summed E-state index contributed by atoms with van der Waals surface area (Å²) in [6.07, 6.45) is 5.57. The average molecular weight is 583 g/mol. The van der Waals surface area contributed by atoms with Crippen LogP contribution in [0.5, 0.6) is 0 Å². The van der Waals surface area contributed by atoms with Crippen LogP contribution >= 0.6 is 0 Å². The number of fused-ring (bicyclic) bond motifs is 2. The van der Waals surface area contributed by atoms with Crippen molar-refractivity contribution < 1.29 is 24.0 Å². The first-order chi connectivity index (χ1) is 20.9. The summed E-state index contributed by atoms with van der Waals surface area (Å²) in [6.45, 7) is 0.641. The number of nitrogens with zero attached hydrogens (tertiary/aromatic N) is 1. The Labute approximate surface area is 250 Å². The zero-order chi connectivity index (χ0) is 29.9. The number of rotatable bonds is 9. The molecule has 3 N–H and O–H groups in total. The molecule has 2 saturated carbocycles. The third-order valence-electron chi connectivity index (χ3n) is 9.53. The number of likely N-dealkylation sites (tertiary alicyclic amines) is 1. The lowest BCUT2D eigenvalue weighted by atomic mass is 9.82. The largest absolute Gasteiger partial charge is 0.351 e. The van der Waals surface area contributed by atoms with E-state index in [-0.39, 0.29) is 36.5 Å². The molecule has 2 aromatic carbocycles. The van der Waals surface area contributed by atoms with Gasteiger partial charge in [-0.3, -0.25) is 24.0 Å². The second-order valence-electron chi connectivity index (χ2n) is 12.3. The van der Waals surface area contributed by atoms with Crippen LogP contribution in [0.3, 0.4) is 0 Å². The maximum Gasteiger partial charge on any atom is 0.289 e. The minimum atomic E-state index is -1.15. The third-order valence-corrected chi connectivity index (χ3v) is 9.53. The van der Waals surface area contributed by atoms with E-state index in [0.29, 0.717) is 25.1 Å². The number of benzene rings is 2. The standard InChI is InChI=1S/C34H38N4O5/c39-29-16-7-5-12-23(29)18-27(31(40)33(42)35-19-21-9-2-1-3-10-21)37-32(41)30-25-14-8-13-24(25)20-38(30)34(43)28-17-22-11-4-6-15-26(22)36-28/h1-4,6,9-11,15,17,23-25,27,30,36H,5,7-8,12-14,16,18-20H2,(H,35,42)(H,37,41)/t23-,24-,25-,27?,30-/m0/s1. The highest BCUT2D eigenvalue weighted by atomic mass is 16.2. The SMILES string of the molecule is O=C(NCc1ccccc1)C(=O)C(C[C@@H]1CCCCC1=O)NC(=O)[C@@H]1[C@H]2CCC[C@H]2CN1C(=O)c1cc2ccccc2[nH]1. The molecule has 3 amide bonds. The van der Waals surface area contributed by atoms with Gasteiger partial charge in [-0.05, 0) is 61.6 Å². The summed E-state index contributed by atoms with van der Waals surface area (Å²) in [5, 5.41) is 6.46.